The molecule has 106 valence electrons. The van der Waals surface area contributed by atoms with Gasteiger partial charge in [-0.05, 0) is 44.2 Å². The molecule has 0 radical (unpaired) electrons. The minimum atomic E-state index is -0.532. The fourth-order valence-corrected chi connectivity index (χ4v) is 2.91. The van der Waals surface area contributed by atoms with Crippen molar-refractivity contribution in [3.63, 3.8) is 0 Å². The summed E-state index contributed by atoms with van der Waals surface area (Å²) in [6.07, 6.45) is 4.83. The monoisotopic (exact) mass is 265 g/mol. The third-order valence-corrected chi connectivity index (χ3v) is 4.42. The van der Waals surface area contributed by atoms with Gasteiger partial charge in [-0.2, -0.15) is 0 Å². The van der Waals surface area contributed by atoms with Crippen LogP contribution in [0.3, 0.4) is 0 Å². The summed E-state index contributed by atoms with van der Waals surface area (Å²) in [4.78, 5) is 2.24. The number of hydrogen-bond donors (Lipinski definition) is 1. The van der Waals surface area contributed by atoms with Gasteiger partial charge in [0.15, 0.2) is 11.6 Å². The molecule has 3 heteroatoms. The van der Waals surface area contributed by atoms with Crippen molar-refractivity contribution in [1.82, 2.24) is 4.90 Å². The van der Waals surface area contributed by atoms with Crippen molar-refractivity contribution in [2.45, 2.75) is 52.1 Å². The van der Waals surface area contributed by atoms with Crippen molar-refractivity contribution >= 4 is 0 Å². The first-order valence-corrected chi connectivity index (χ1v) is 7.06. The fraction of sp³-hybridized carbons (Fsp3) is 0.625. The van der Waals surface area contributed by atoms with Crippen molar-refractivity contribution in [2.75, 3.05) is 7.05 Å². The molecule has 1 saturated carbocycles. The lowest BCUT2D eigenvalue weighted by Gasteiger charge is -2.38. The summed E-state index contributed by atoms with van der Waals surface area (Å²) in [6, 6.07) is 5.28. The predicted molar refractivity (Wildman–Crippen MR) is 75.6 cm³/mol. The summed E-state index contributed by atoms with van der Waals surface area (Å²) < 4.78 is 13.3. The Bertz CT molecular complexity index is 434. The molecule has 0 unspecified atom stereocenters. The Labute approximate surface area is 115 Å². The second-order valence-corrected chi connectivity index (χ2v) is 6.56. The average Bonchev–Trinajstić information content (AvgIpc) is 2.35. The number of para-hydroxylation sites is 1. The number of aromatic hydroxyl groups is 1. The number of phenols is 1. The van der Waals surface area contributed by atoms with Gasteiger partial charge in [0.2, 0.25) is 0 Å². The number of phenolic OH excluding ortho intramolecular Hbond substituents is 1. The van der Waals surface area contributed by atoms with Crippen molar-refractivity contribution in [1.29, 1.82) is 0 Å². The lowest BCUT2D eigenvalue weighted by atomic mass is 9.75. The molecule has 0 aromatic heterocycles. The second-order valence-electron chi connectivity index (χ2n) is 6.56. The van der Waals surface area contributed by atoms with Crippen LogP contribution in [0.15, 0.2) is 18.2 Å². The van der Waals surface area contributed by atoms with E-state index in [0.29, 0.717) is 23.6 Å². The maximum absolute atomic E-state index is 13.3. The van der Waals surface area contributed by atoms with Gasteiger partial charge in [-0.15, -0.1) is 0 Å². The molecule has 1 aromatic carbocycles. The maximum atomic E-state index is 13.3. The minimum Gasteiger partial charge on any atom is -0.505 e. The molecule has 0 spiro atoms. The van der Waals surface area contributed by atoms with Gasteiger partial charge in [-0.1, -0.05) is 26.0 Å². The molecule has 0 heterocycles. The average molecular weight is 265 g/mol. The van der Waals surface area contributed by atoms with Crippen LogP contribution in [0.25, 0.3) is 0 Å². The summed E-state index contributed by atoms with van der Waals surface area (Å²) in [5.41, 5.74) is 1.13. The Morgan fingerprint density at radius 3 is 2.58 bits per heavy atom. The molecule has 0 atom stereocenters. The molecule has 1 aliphatic carbocycles. The zero-order valence-electron chi connectivity index (χ0n) is 12.1. The van der Waals surface area contributed by atoms with Crippen molar-refractivity contribution < 1.29 is 9.50 Å². The molecule has 0 aliphatic heterocycles. The van der Waals surface area contributed by atoms with Crippen LogP contribution < -0.4 is 0 Å². The molecular formula is C16H24FNO. The van der Waals surface area contributed by atoms with E-state index < -0.39 is 5.82 Å². The van der Waals surface area contributed by atoms with E-state index in [0.717, 1.165) is 0 Å². The van der Waals surface area contributed by atoms with E-state index in [1.807, 2.05) is 0 Å². The minimum absolute atomic E-state index is 0.203. The van der Waals surface area contributed by atoms with Crippen LogP contribution in [0, 0.1) is 11.2 Å². The fourth-order valence-electron chi connectivity index (χ4n) is 2.91. The van der Waals surface area contributed by atoms with Crippen LogP contribution in [0.4, 0.5) is 4.39 Å². The number of benzene rings is 1. The Morgan fingerprint density at radius 1 is 1.32 bits per heavy atom. The van der Waals surface area contributed by atoms with Gasteiger partial charge in [0.05, 0.1) is 0 Å². The Balaban J connectivity index is 1.98. The number of nitrogens with zero attached hydrogens (tertiary/aromatic N) is 1. The summed E-state index contributed by atoms with van der Waals surface area (Å²) in [5, 5.41) is 9.73. The Morgan fingerprint density at radius 2 is 1.95 bits per heavy atom. The molecule has 1 aliphatic rings. The van der Waals surface area contributed by atoms with Crippen molar-refractivity contribution in [3.8, 4) is 5.75 Å². The number of halogens is 1. The standard InChI is InChI=1S/C16H24FNO/c1-16(2)9-7-13(8-10-16)18(3)11-12-5-4-6-14(17)15(12)19/h4-6,13,19H,7-11H2,1-3H3. The van der Waals surface area contributed by atoms with Crippen LogP contribution in [0.5, 0.6) is 5.75 Å². The van der Waals surface area contributed by atoms with E-state index in [1.54, 1.807) is 12.1 Å². The first-order valence-electron chi connectivity index (χ1n) is 7.06. The highest BCUT2D eigenvalue weighted by Gasteiger charge is 2.29. The third kappa shape index (κ3) is 3.47. The molecule has 0 amide bonds. The van der Waals surface area contributed by atoms with Crippen molar-refractivity contribution in [2.24, 2.45) is 5.41 Å². The number of hydrogen-bond acceptors (Lipinski definition) is 2. The topological polar surface area (TPSA) is 23.5 Å². The van der Waals surface area contributed by atoms with Crippen LogP contribution in [0.2, 0.25) is 0 Å². The summed E-state index contributed by atoms with van der Waals surface area (Å²) in [5.74, 6) is -0.735. The van der Waals surface area contributed by atoms with Gasteiger partial charge in [0, 0.05) is 18.2 Å². The largest absolute Gasteiger partial charge is 0.505 e. The molecule has 1 N–H and O–H groups in total. The lowest BCUT2D eigenvalue weighted by molar-refractivity contribution is 0.122. The molecule has 2 rings (SSSR count). The highest BCUT2D eigenvalue weighted by molar-refractivity contribution is 5.33. The van der Waals surface area contributed by atoms with Gasteiger partial charge in [0.1, 0.15) is 0 Å². The SMILES string of the molecule is CN(Cc1cccc(F)c1O)C1CCC(C)(C)CC1. The third-order valence-electron chi connectivity index (χ3n) is 4.42. The summed E-state index contributed by atoms with van der Waals surface area (Å²) >= 11 is 0. The quantitative estimate of drug-likeness (QED) is 0.895. The summed E-state index contributed by atoms with van der Waals surface area (Å²) in [6.45, 7) is 5.25. The zero-order valence-corrected chi connectivity index (χ0v) is 12.1. The van der Waals surface area contributed by atoms with E-state index in [-0.39, 0.29) is 5.75 Å². The molecule has 0 bridgehead atoms. The first-order chi connectivity index (χ1) is 8.89. The highest BCUT2D eigenvalue weighted by atomic mass is 19.1. The first kappa shape index (κ1) is 14.3. The molecular weight excluding hydrogens is 241 g/mol. The van der Waals surface area contributed by atoms with Gasteiger partial charge < -0.3 is 5.11 Å². The van der Waals surface area contributed by atoms with Crippen LogP contribution >= 0.6 is 0 Å². The van der Waals surface area contributed by atoms with E-state index >= 15 is 0 Å². The lowest BCUT2D eigenvalue weighted by Crippen LogP contribution is -2.36. The van der Waals surface area contributed by atoms with Crippen LogP contribution in [-0.4, -0.2) is 23.1 Å². The van der Waals surface area contributed by atoms with Gasteiger partial charge >= 0.3 is 0 Å². The van der Waals surface area contributed by atoms with Crippen LogP contribution in [-0.2, 0) is 6.54 Å². The predicted octanol–water partition coefficient (Wildman–Crippen LogP) is 3.93. The highest BCUT2D eigenvalue weighted by Crippen LogP contribution is 2.37. The van der Waals surface area contributed by atoms with Gasteiger partial charge in [-0.3, -0.25) is 4.90 Å². The Kier molecular flexibility index (Phi) is 4.14. The van der Waals surface area contributed by atoms with E-state index in [1.165, 1.54) is 31.7 Å². The molecule has 0 saturated heterocycles. The van der Waals surface area contributed by atoms with E-state index in [9.17, 15) is 9.50 Å². The maximum Gasteiger partial charge on any atom is 0.165 e. The Hall–Kier alpha value is -1.09. The second kappa shape index (κ2) is 5.49. The number of rotatable bonds is 3. The van der Waals surface area contributed by atoms with E-state index in [4.69, 9.17) is 0 Å². The normalized spacial score (nSPS) is 19.8. The summed E-state index contributed by atoms with van der Waals surface area (Å²) in [7, 11) is 2.06. The molecule has 1 aromatic rings. The van der Waals surface area contributed by atoms with Crippen molar-refractivity contribution in [3.05, 3.63) is 29.6 Å². The molecule has 19 heavy (non-hydrogen) atoms. The van der Waals surface area contributed by atoms with Crippen LogP contribution in [0.1, 0.15) is 45.1 Å². The zero-order chi connectivity index (χ0) is 14.0. The van der Waals surface area contributed by atoms with E-state index in [2.05, 4.69) is 25.8 Å². The smallest absolute Gasteiger partial charge is 0.165 e. The van der Waals surface area contributed by atoms with Gasteiger partial charge in [0.25, 0.3) is 0 Å². The molecule has 1 fully saturated rings. The molecule has 2 nitrogen and oxygen atoms in total. The van der Waals surface area contributed by atoms with Gasteiger partial charge in [-0.25, -0.2) is 4.39 Å².